The predicted octanol–water partition coefficient (Wildman–Crippen LogP) is 6.23. The van der Waals surface area contributed by atoms with E-state index in [2.05, 4.69) is 15.0 Å². The highest BCUT2D eigenvalue weighted by atomic mass is 32.2. The van der Waals surface area contributed by atoms with Crippen molar-refractivity contribution in [1.82, 2.24) is 29.1 Å². The van der Waals surface area contributed by atoms with E-state index in [-0.39, 0.29) is 16.6 Å². The first-order valence-corrected chi connectivity index (χ1v) is 17.2. The lowest BCUT2D eigenvalue weighted by Crippen LogP contribution is -2.48. The summed E-state index contributed by atoms with van der Waals surface area (Å²) in [7, 11) is -0.653. The van der Waals surface area contributed by atoms with Crippen LogP contribution in [0, 0.1) is 13.8 Å². The second-order valence-electron chi connectivity index (χ2n) is 12.0. The summed E-state index contributed by atoms with van der Waals surface area (Å²) in [4.78, 5) is 21.4. The first-order chi connectivity index (χ1) is 24.0. The molecule has 1 aliphatic heterocycles. The van der Waals surface area contributed by atoms with Gasteiger partial charge >= 0.3 is 6.18 Å². The van der Waals surface area contributed by atoms with Crippen LogP contribution in [0.4, 0.5) is 18.9 Å². The largest absolute Gasteiger partial charge is 0.697 e. The van der Waals surface area contributed by atoms with E-state index in [1.807, 2.05) is 40.8 Å². The van der Waals surface area contributed by atoms with Crippen molar-refractivity contribution in [3.05, 3.63) is 95.2 Å². The fourth-order valence-electron chi connectivity index (χ4n) is 5.65. The molecule has 0 spiro atoms. The zero-order valence-electron chi connectivity index (χ0n) is 28.3. The van der Waals surface area contributed by atoms with E-state index < -0.39 is 22.9 Å². The smallest absolute Gasteiger partial charge is 0.422 e. The summed E-state index contributed by atoms with van der Waals surface area (Å²) in [6.45, 7) is 4.96. The van der Waals surface area contributed by atoms with E-state index >= 15 is 0 Å². The molecule has 1 fully saturated rings. The zero-order valence-corrected chi connectivity index (χ0v) is 29.1. The molecule has 272 valence electrons. The molecule has 0 atom stereocenters. The minimum absolute atomic E-state index is 0.0466. The van der Waals surface area contributed by atoms with E-state index in [4.69, 9.17) is 19.8 Å². The van der Waals surface area contributed by atoms with E-state index in [9.17, 15) is 26.4 Å². The highest BCUT2D eigenvalue weighted by Gasteiger charge is 2.28. The number of benzene rings is 2. The minimum Gasteiger partial charge on any atom is -0.697 e. The van der Waals surface area contributed by atoms with Crippen LogP contribution in [-0.4, -0.2) is 87.0 Å². The second-order valence-corrected chi connectivity index (χ2v) is 13.4. The Bertz CT molecular complexity index is 2110. The van der Waals surface area contributed by atoms with Crippen molar-refractivity contribution in [2.45, 2.75) is 31.5 Å². The number of amides is 1. The van der Waals surface area contributed by atoms with Gasteiger partial charge < -0.3 is 24.7 Å². The topological polar surface area (TPSA) is 156 Å². The Labute approximate surface area is 292 Å². The Hall–Kier alpha value is -5.13. The normalized spacial score (nSPS) is 13.9. The lowest BCUT2D eigenvalue weighted by molar-refractivity contribution is -0.153. The van der Waals surface area contributed by atoms with Gasteiger partial charge in [0.2, 0.25) is 5.88 Å². The maximum absolute atomic E-state index is 13.4. The summed E-state index contributed by atoms with van der Waals surface area (Å²) in [6.07, 6.45) is -2.95. The second kappa shape index (κ2) is 15.0. The molecule has 17 heteroatoms. The van der Waals surface area contributed by atoms with Crippen LogP contribution in [0.15, 0.2) is 71.8 Å². The van der Waals surface area contributed by atoms with Crippen molar-refractivity contribution in [2.75, 3.05) is 32.8 Å². The molecule has 0 radical (unpaired) electrons. The maximum atomic E-state index is 13.4. The van der Waals surface area contributed by atoms with Crippen molar-refractivity contribution in [3.63, 3.8) is 0 Å². The molecule has 0 unspecified atom stereocenters. The summed E-state index contributed by atoms with van der Waals surface area (Å²) in [5.74, 6) is 1.11. The number of fused-ring (bicyclic) bond motifs is 1. The average molecular weight is 729 g/mol. The fourth-order valence-corrected chi connectivity index (χ4v) is 6.57. The van der Waals surface area contributed by atoms with Crippen LogP contribution in [0.3, 0.4) is 0 Å². The number of pyridine rings is 1. The molecule has 0 aliphatic carbocycles. The summed E-state index contributed by atoms with van der Waals surface area (Å²) >= 11 is 0. The third-order valence-corrected chi connectivity index (χ3v) is 9.39. The number of carbonyl (C=O) groups excluding carboxylic acids is 1. The number of piperazine rings is 1. The maximum Gasteiger partial charge on any atom is 0.422 e. The van der Waals surface area contributed by atoms with Gasteiger partial charge in [0.05, 0.1) is 16.9 Å². The molecule has 0 saturated carbocycles. The number of nitrogens with zero attached hydrogens (tertiary/aromatic N) is 6. The van der Waals surface area contributed by atoms with E-state index in [1.54, 1.807) is 50.4 Å². The van der Waals surface area contributed by atoms with Crippen LogP contribution in [0.25, 0.3) is 16.6 Å². The molecule has 1 aliphatic rings. The summed E-state index contributed by atoms with van der Waals surface area (Å²) < 4.78 is 81.2. The van der Waals surface area contributed by atoms with Crippen LogP contribution in [0.5, 0.6) is 17.4 Å². The quantitative estimate of drug-likeness (QED) is 0.183. The molecule has 1 saturated heterocycles. The molecular weight excluding hydrogens is 691 g/mol. The third kappa shape index (κ3) is 9.36. The van der Waals surface area contributed by atoms with Gasteiger partial charge in [-0.1, -0.05) is 18.2 Å². The molecule has 2 N–H and O–H groups in total. The van der Waals surface area contributed by atoms with Gasteiger partial charge in [-0.05, 0) is 55.8 Å². The molecule has 1 amide bonds. The van der Waals surface area contributed by atoms with Crippen LogP contribution < -0.4 is 9.47 Å². The van der Waals surface area contributed by atoms with Crippen LogP contribution in [0.2, 0.25) is 0 Å². The summed E-state index contributed by atoms with van der Waals surface area (Å²) in [5.41, 5.74) is 11.0. The SMILES string of the molecule is Cc1nn(C)c(C)c1S(=O)(=O)O.Cn1c(C(=O)N2CCN(Cc3ccc(OCC(F)(F)F)cc3)CC2)cc2ccc(Oc3ccc([NH-])cn3)cc21. The van der Waals surface area contributed by atoms with Crippen LogP contribution in [-0.2, 0) is 30.8 Å². The number of hydrogen-bond acceptors (Lipinski definition) is 8. The number of rotatable bonds is 8. The first-order valence-electron chi connectivity index (χ1n) is 15.7. The van der Waals surface area contributed by atoms with Gasteiger partial charge in [0.1, 0.15) is 22.1 Å². The summed E-state index contributed by atoms with van der Waals surface area (Å²) in [5, 5.41) is 4.77. The Kier molecular flexibility index (Phi) is 10.9. The van der Waals surface area contributed by atoms with E-state index in [0.29, 0.717) is 67.1 Å². The molecule has 6 rings (SSSR count). The van der Waals surface area contributed by atoms with E-state index in [1.165, 1.54) is 17.8 Å². The van der Waals surface area contributed by atoms with Crippen LogP contribution >= 0.6 is 0 Å². The molecule has 3 aromatic heterocycles. The van der Waals surface area contributed by atoms with Crippen molar-refractivity contribution < 1.29 is 40.4 Å². The number of hydrogen-bond donors (Lipinski definition) is 1. The Morgan fingerprint density at radius 3 is 2.18 bits per heavy atom. The molecule has 51 heavy (non-hydrogen) atoms. The average Bonchev–Trinajstić information content (AvgIpc) is 3.54. The number of aromatic nitrogens is 4. The van der Waals surface area contributed by atoms with Crippen molar-refractivity contribution in [3.8, 4) is 17.4 Å². The first kappa shape index (κ1) is 37.1. The van der Waals surface area contributed by atoms with Gasteiger partial charge in [-0.3, -0.25) is 18.9 Å². The fraction of sp³-hybridized carbons (Fsp3) is 0.324. The van der Waals surface area contributed by atoms with Gasteiger partial charge in [-0.15, -0.1) is 5.69 Å². The monoisotopic (exact) mass is 728 g/mol. The third-order valence-electron chi connectivity index (χ3n) is 8.29. The minimum atomic E-state index is -4.37. The highest BCUT2D eigenvalue weighted by Crippen LogP contribution is 2.28. The van der Waals surface area contributed by atoms with Gasteiger partial charge in [0, 0.05) is 64.5 Å². The van der Waals surface area contributed by atoms with Crippen molar-refractivity contribution >= 4 is 32.6 Å². The molecule has 0 bridgehead atoms. The van der Waals surface area contributed by atoms with Gasteiger partial charge in [-0.25, -0.2) is 4.98 Å². The number of halogens is 3. The highest BCUT2D eigenvalue weighted by molar-refractivity contribution is 7.86. The molecular formula is C34H37F3N7O6S-. The lowest BCUT2D eigenvalue weighted by Gasteiger charge is -2.34. The number of nitrogens with one attached hydrogen (secondary N) is 1. The zero-order chi connectivity index (χ0) is 37.1. The number of ether oxygens (including phenoxy) is 2. The Balaban J connectivity index is 0.000000357. The predicted molar refractivity (Wildman–Crippen MR) is 183 cm³/mol. The Morgan fingerprint density at radius 1 is 0.961 bits per heavy atom. The standard InChI is InChI=1S/C28H27F3N5O3.C6H10N2O3S/c1-34-24-15-23(39-26-9-5-21(32)16-33-26)8-4-20(24)14-25(34)27(37)36-12-10-35(11-13-36)17-19-2-6-22(7-3-19)38-18-28(29,30)31;1-4-6(12(9,10)11)5(2)8(3)7-4/h2-9,14-16,32H,10-13,17-18H2,1H3;1-3H3,(H,9,10,11)/q-1;. The summed E-state index contributed by atoms with van der Waals surface area (Å²) in [6, 6.07) is 17.3. The number of alkyl halides is 3. The number of aryl methyl sites for hydroxylation is 3. The molecule has 13 nitrogen and oxygen atoms in total. The lowest BCUT2D eigenvalue weighted by atomic mass is 10.2. The molecule has 2 aromatic carbocycles. The molecule has 4 heterocycles. The Morgan fingerprint density at radius 2 is 1.63 bits per heavy atom. The van der Waals surface area contributed by atoms with Gasteiger partial charge in [-0.2, -0.15) is 26.7 Å². The van der Waals surface area contributed by atoms with Crippen molar-refractivity contribution in [1.29, 1.82) is 0 Å². The van der Waals surface area contributed by atoms with Gasteiger partial charge in [0.15, 0.2) is 6.61 Å². The van der Waals surface area contributed by atoms with Crippen molar-refractivity contribution in [2.24, 2.45) is 14.1 Å². The number of carbonyl (C=O) groups is 1. The van der Waals surface area contributed by atoms with Crippen LogP contribution in [0.1, 0.15) is 27.4 Å². The van der Waals surface area contributed by atoms with Gasteiger partial charge in [0.25, 0.3) is 16.0 Å². The van der Waals surface area contributed by atoms with E-state index in [0.717, 1.165) is 16.5 Å². The molecule has 5 aromatic rings.